The minimum Gasteiger partial charge on any atom is -0.496 e. The van der Waals surface area contributed by atoms with Gasteiger partial charge in [0.15, 0.2) is 0 Å². The van der Waals surface area contributed by atoms with Crippen LogP contribution >= 0.6 is 0 Å². The minimum absolute atomic E-state index is 0.268. The number of methoxy groups -OCH3 is 1. The lowest BCUT2D eigenvalue weighted by Gasteiger charge is -2.19. The number of aryl methyl sites for hydroxylation is 2. The van der Waals surface area contributed by atoms with Gasteiger partial charge < -0.3 is 10.5 Å². The monoisotopic (exact) mass is 298 g/mol. The van der Waals surface area contributed by atoms with Crippen LogP contribution in [-0.4, -0.2) is 39.5 Å². The van der Waals surface area contributed by atoms with Crippen molar-refractivity contribution in [3.05, 3.63) is 23.3 Å². The van der Waals surface area contributed by atoms with Crippen LogP contribution in [0.1, 0.15) is 17.5 Å². The SMILES string of the molecule is COc1cc(C)c(S(=O)(=O)N2CCC(CN)C2)cc1C. The van der Waals surface area contributed by atoms with Gasteiger partial charge in [-0.1, -0.05) is 0 Å². The van der Waals surface area contributed by atoms with Crippen molar-refractivity contribution in [2.45, 2.75) is 25.2 Å². The molecular weight excluding hydrogens is 276 g/mol. The van der Waals surface area contributed by atoms with E-state index in [-0.39, 0.29) is 5.92 Å². The number of hydrogen-bond donors (Lipinski definition) is 1. The Hall–Kier alpha value is -1.11. The predicted octanol–water partition coefficient (Wildman–Crippen LogP) is 1.28. The molecular formula is C14H22N2O3S. The normalized spacial score (nSPS) is 20.3. The minimum atomic E-state index is -3.44. The van der Waals surface area contributed by atoms with Crippen LogP contribution in [0.2, 0.25) is 0 Å². The van der Waals surface area contributed by atoms with Crippen molar-refractivity contribution in [1.29, 1.82) is 0 Å². The zero-order valence-electron chi connectivity index (χ0n) is 12.2. The summed E-state index contributed by atoms with van der Waals surface area (Å²) in [4.78, 5) is 0.369. The zero-order chi connectivity index (χ0) is 14.9. The number of ether oxygens (including phenoxy) is 1. The fourth-order valence-electron chi connectivity index (χ4n) is 2.61. The van der Waals surface area contributed by atoms with Crippen molar-refractivity contribution >= 4 is 10.0 Å². The number of nitrogens with zero attached hydrogens (tertiary/aromatic N) is 1. The molecule has 0 aromatic heterocycles. The average Bonchev–Trinajstić information content (AvgIpc) is 2.90. The highest BCUT2D eigenvalue weighted by Crippen LogP contribution is 2.30. The third-order valence-electron chi connectivity index (χ3n) is 3.89. The summed E-state index contributed by atoms with van der Waals surface area (Å²) in [5.74, 6) is 0.979. The maximum atomic E-state index is 12.7. The van der Waals surface area contributed by atoms with Gasteiger partial charge in [-0.15, -0.1) is 0 Å². The maximum absolute atomic E-state index is 12.7. The molecule has 1 heterocycles. The molecule has 0 amide bonds. The molecule has 20 heavy (non-hydrogen) atoms. The number of hydrogen-bond acceptors (Lipinski definition) is 4. The Bertz CT molecular complexity index is 599. The molecule has 1 unspecified atom stereocenters. The first kappa shape index (κ1) is 15.3. The van der Waals surface area contributed by atoms with Crippen LogP contribution < -0.4 is 10.5 Å². The van der Waals surface area contributed by atoms with Gasteiger partial charge in [-0.25, -0.2) is 8.42 Å². The third kappa shape index (κ3) is 2.68. The molecule has 1 aliphatic heterocycles. The predicted molar refractivity (Wildman–Crippen MR) is 78.4 cm³/mol. The van der Waals surface area contributed by atoms with E-state index in [4.69, 9.17) is 10.5 Å². The second-order valence-electron chi connectivity index (χ2n) is 5.34. The highest BCUT2D eigenvalue weighted by molar-refractivity contribution is 7.89. The maximum Gasteiger partial charge on any atom is 0.243 e. The summed E-state index contributed by atoms with van der Waals surface area (Å²) in [6.07, 6.45) is 0.837. The Labute approximate surface area is 120 Å². The molecule has 5 nitrogen and oxygen atoms in total. The fraction of sp³-hybridized carbons (Fsp3) is 0.571. The van der Waals surface area contributed by atoms with Crippen LogP contribution in [0.4, 0.5) is 0 Å². The molecule has 112 valence electrons. The van der Waals surface area contributed by atoms with Gasteiger partial charge in [-0.05, 0) is 56.0 Å². The highest BCUT2D eigenvalue weighted by Gasteiger charge is 2.33. The number of sulfonamides is 1. The van der Waals surface area contributed by atoms with Crippen LogP contribution in [0.15, 0.2) is 17.0 Å². The first-order valence-corrected chi connectivity index (χ1v) is 8.19. The second kappa shape index (κ2) is 5.71. The molecule has 1 aliphatic rings. The quantitative estimate of drug-likeness (QED) is 0.909. The van der Waals surface area contributed by atoms with Crippen molar-refractivity contribution in [1.82, 2.24) is 4.31 Å². The van der Waals surface area contributed by atoms with E-state index in [1.165, 1.54) is 0 Å². The Balaban J connectivity index is 2.38. The number of nitrogens with two attached hydrogens (primary N) is 1. The van der Waals surface area contributed by atoms with Gasteiger partial charge in [0.05, 0.1) is 12.0 Å². The van der Waals surface area contributed by atoms with Gasteiger partial charge in [0.25, 0.3) is 0 Å². The molecule has 2 N–H and O–H groups in total. The third-order valence-corrected chi connectivity index (χ3v) is 5.90. The van der Waals surface area contributed by atoms with E-state index in [0.29, 0.717) is 35.8 Å². The van der Waals surface area contributed by atoms with Gasteiger partial charge in [0, 0.05) is 13.1 Å². The molecule has 0 radical (unpaired) electrons. The molecule has 0 aliphatic carbocycles. The number of benzene rings is 1. The van der Waals surface area contributed by atoms with E-state index < -0.39 is 10.0 Å². The molecule has 1 aromatic carbocycles. The van der Waals surface area contributed by atoms with Crippen LogP contribution in [0.3, 0.4) is 0 Å². The number of rotatable bonds is 4. The van der Waals surface area contributed by atoms with E-state index in [0.717, 1.165) is 12.0 Å². The summed E-state index contributed by atoms with van der Waals surface area (Å²) < 4.78 is 32.2. The van der Waals surface area contributed by atoms with Crippen molar-refractivity contribution in [3.8, 4) is 5.75 Å². The molecule has 6 heteroatoms. The molecule has 2 rings (SSSR count). The summed E-state index contributed by atoms with van der Waals surface area (Å²) in [7, 11) is -1.85. The van der Waals surface area contributed by atoms with Crippen molar-refractivity contribution in [2.24, 2.45) is 11.7 Å². The first-order valence-electron chi connectivity index (χ1n) is 6.75. The van der Waals surface area contributed by atoms with E-state index in [9.17, 15) is 8.42 Å². The summed E-state index contributed by atoms with van der Waals surface area (Å²) in [6, 6.07) is 3.47. The molecule has 0 spiro atoms. The fourth-order valence-corrected chi connectivity index (χ4v) is 4.43. The van der Waals surface area contributed by atoms with Gasteiger partial charge in [-0.3, -0.25) is 0 Å². The Kier molecular flexibility index (Phi) is 4.36. The lowest BCUT2D eigenvalue weighted by Crippen LogP contribution is -2.30. The van der Waals surface area contributed by atoms with Gasteiger partial charge in [0.2, 0.25) is 10.0 Å². The Morgan fingerprint density at radius 1 is 1.35 bits per heavy atom. The van der Waals surface area contributed by atoms with Crippen molar-refractivity contribution in [3.63, 3.8) is 0 Å². The lowest BCUT2D eigenvalue weighted by molar-refractivity contribution is 0.410. The second-order valence-corrected chi connectivity index (χ2v) is 7.25. The smallest absolute Gasteiger partial charge is 0.243 e. The van der Waals surface area contributed by atoms with E-state index in [2.05, 4.69) is 0 Å². The molecule has 0 saturated carbocycles. The molecule has 1 fully saturated rings. The van der Waals surface area contributed by atoms with Crippen LogP contribution in [0, 0.1) is 19.8 Å². The van der Waals surface area contributed by atoms with E-state index in [1.54, 1.807) is 30.5 Å². The van der Waals surface area contributed by atoms with Crippen LogP contribution in [-0.2, 0) is 10.0 Å². The van der Waals surface area contributed by atoms with Gasteiger partial charge in [-0.2, -0.15) is 4.31 Å². The highest BCUT2D eigenvalue weighted by atomic mass is 32.2. The summed E-state index contributed by atoms with van der Waals surface area (Å²) in [5.41, 5.74) is 7.17. The summed E-state index contributed by atoms with van der Waals surface area (Å²) in [5, 5.41) is 0. The topological polar surface area (TPSA) is 72.6 Å². The first-order chi connectivity index (χ1) is 9.40. The van der Waals surface area contributed by atoms with Crippen LogP contribution in [0.5, 0.6) is 5.75 Å². The van der Waals surface area contributed by atoms with E-state index >= 15 is 0 Å². The van der Waals surface area contributed by atoms with E-state index in [1.807, 2.05) is 6.92 Å². The van der Waals surface area contributed by atoms with Crippen LogP contribution in [0.25, 0.3) is 0 Å². The van der Waals surface area contributed by atoms with Gasteiger partial charge in [0.1, 0.15) is 5.75 Å². The molecule has 1 aromatic rings. The molecule has 0 bridgehead atoms. The average molecular weight is 298 g/mol. The van der Waals surface area contributed by atoms with Gasteiger partial charge >= 0.3 is 0 Å². The largest absolute Gasteiger partial charge is 0.496 e. The summed E-state index contributed by atoms with van der Waals surface area (Å²) >= 11 is 0. The van der Waals surface area contributed by atoms with Crippen molar-refractivity contribution in [2.75, 3.05) is 26.7 Å². The van der Waals surface area contributed by atoms with Crippen molar-refractivity contribution < 1.29 is 13.2 Å². The Morgan fingerprint density at radius 2 is 2.05 bits per heavy atom. The molecule has 1 atom stereocenters. The Morgan fingerprint density at radius 3 is 2.60 bits per heavy atom. The zero-order valence-corrected chi connectivity index (χ0v) is 13.0. The standard InChI is InChI=1S/C14H22N2O3S/c1-10-7-14(11(2)6-13(10)19-3)20(17,18)16-5-4-12(8-15)9-16/h6-7,12H,4-5,8-9,15H2,1-3H3. The molecule has 1 saturated heterocycles. The lowest BCUT2D eigenvalue weighted by atomic mass is 10.1. The summed E-state index contributed by atoms with van der Waals surface area (Å²) in [6.45, 7) is 5.25.